The van der Waals surface area contributed by atoms with Crippen LogP contribution in [0, 0.1) is 5.41 Å². The van der Waals surface area contributed by atoms with Crippen LogP contribution >= 0.6 is 48.4 Å². The fraction of sp³-hybridized carbons (Fsp3) is 0.520. The molecule has 2 N–H and O–H groups in total. The highest BCUT2D eigenvalue weighted by molar-refractivity contribution is 9.10. The van der Waals surface area contributed by atoms with Crippen molar-refractivity contribution in [2.24, 2.45) is 5.41 Å². The first-order chi connectivity index (χ1) is 16.6. The summed E-state index contributed by atoms with van der Waals surface area (Å²) >= 11 is 7.31. The lowest BCUT2D eigenvalue weighted by Gasteiger charge is -2.57. The van der Waals surface area contributed by atoms with Crippen molar-refractivity contribution < 1.29 is 28.0 Å². The molecule has 0 saturated heterocycles. The van der Waals surface area contributed by atoms with E-state index >= 15 is 0 Å². The van der Waals surface area contributed by atoms with Gasteiger partial charge in [0.15, 0.2) is 0 Å². The quantitative estimate of drug-likeness (QED) is 0.224. The summed E-state index contributed by atoms with van der Waals surface area (Å²) in [7, 11) is -5.64. The fourth-order valence-corrected chi connectivity index (χ4v) is 8.54. The Bertz CT molecular complexity index is 1060. The van der Waals surface area contributed by atoms with Crippen molar-refractivity contribution in [3.8, 4) is 11.1 Å². The standard InChI is InChI=1S/C25H30Br2O6P2/c1-5-23(6-2,24(7-3,8-4)33-35(30)31)25(13-14-32-34(28)29)21-15-17(26)9-11-19(21)20-12-10-18(27)16-22(20)25/h9-12,15-16H,5-8,13-14H2,1-4H3/p+2. The van der Waals surface area contributed by atoms with E-state index in [1.165, 1.54) is 0 Å². The molecule has 2 aromatic rings. The van der Waals surface area contributed by atoms with Crippen molar-refractivity contribution in [2.45, 2.75) is 70.8 Å². The van der Waals surface area contributed by atoms with Gasteiger partial charge in [0.05, 0.1) is 0 Å². The number of hydrogen-bond acceptors (Lipinski definition) is 4. The van der Waals surface area contributed by atoms with Crippen molar-refractivity contribution in [1.82, 2.24) is 0 Å². The van der Waals surface area contributed by atoms with Gasteiger partial charge in [-0.2, -0.15) is 0 Å². The van der Waals surface area contributed by atoms with Gasteiger partial charge in [-0.25, -0.2) is 0 Å². The predicted octanol–water partition coefficient (Wildman–Crippen LogP) is 8.57. The van der Waals surface area contributed by atoms with Crippen LogP contribution in [0.15, 0.2) is 45.3 Å². The molecular weight excluding hydrogens is 618 g/mol. The summed E-state index contributed by atoms with van der Waals surface area (Å²) < 4.78 is 36.9. The highest BCUT2D eigenvalue weighted by atomic mass is 79.9. The first-order valence-corrected chi connectivity index (χ1v) is 15.7. The third-order valence-corrected chi connectivity index (χ3v) is 10.0. The summed E-state index contributed by atoms with van der Waals surface area (Å²) in [5.74, 6) is 0. The summed E-state index contributed by atoms with van der Waals surface area (Å²) in [6.45, 7) is 8.23. The third-order valence-electron chi connectivity index (χ3n) is 8.14. The van der Waals surface area contributed by atoms with E-state index in [1.807, 2.05) is 26.0 Å². The summed E-state index contributed by atoms with van der Waals surface area (Å²) in [6.07, 6.45) is 2.75. The SMILES string of the molecule is CCC(CC)(O[P+](=O)O)C(CC)(CC)C1(CCO[P+](=O)O)c2cc(Br)ccc2-c2ccc(Br)cc21. The second kappa shape index (κ2) is 11.4. The number of fused-ring (bicyclic) bond motifs is 3. The van der Waals surface area contributed by atoms with E-state index in [-0.39, 0.29) is 6.61 Å². The molecule has 0 bridgehead atoms. The summed E-state index contributed by atoms with van der Waals surface area (Å²) in [5.41, 5.74) is 1.95. The van der Waals surface area contributed by atoms with Gasteiger partial charge in [0.25, 0.3) is 0 Å². The topological polar surface area (TPSA) is 93.1 Å². The summed E-state index contributed by atoms with van der Waals surface area (Å²) in [5, 5.41) is 0. The Morgan fingerprint density at radius 3 is 1.69 bits per heavy atom. The maximum absolute atomic E-state index is 12.2. The number of benzene rings is 2. The van der Waals surface area contributed by atoms with E-state index in [0.29, 0.717) is 32.1 Å². The number of rotatable bonds is 12. The Morgan fingerprint density at radius 2 is 1.31 bits per heavy atom. The fourth-order valence-electron chi connectivity index (χ4n) is 6.83. The Morgan fingerprint density at radius 1 is 0.829 bits per heavy atom. The number of halogens is 2. The molecule has 0 spiro atoms. The van der Waals surface area contributed by atoms with Gasteiger partial charge in [0.1, 0.15) is 12.2 Å². The molecule has 0 heterocycles. The molecule has 2 aromatic carbocycles. The van der Waals surface area contributed by atoms with E-state index in [0.717, 1.165) is 31.2 Å². The molecule has 2 atom stereocenters. The molecule has 1 aliphatic rings. The maximum atomic E-state index is 12.2. The predicted molar refractivity (Wildman–Crippen MR) is 146 cm³/mol. The summed E-state index contributed by atoms with van der Waals surface area (Å²) in [4.78, 5) is 19.5. The van der Waals surface area contributed by atoms with Gasteiger partial charge in [-0.3, -0.25) is 0 Å². The normalized spacial score (nSPS) is 15.5. The molecular formula is C25H32Br2O6P2+2. The molecule has 2 unspecified atom stereocenters. The van der Waals surface area contributed by atoms with Crippen LogP contribution in [0.2, 0.25) is 0 Å². The smallest absolute Gasteiger partial charge is 0.133 e. The van der Waals surface area contributed by atoms with E-state index in [4.69, 9.17) is 9.05 Å². The average Bonchev–Trinajstić information content (AvgIpc) is 3.08. The van der Waals surface area contributed by atoms with E-state index in [9.17, 15) is 18.9 Å². The lowest BCUT2D eigenvalue weighted by Crippen LogP contribution is -2.60. The number of hydrogen-bond donors (Lipinski definition) is 2. The zero-order valence-corrected chi connectivity index (χ0v) is 25.3. The molecule has 0 saturated carbocycles. The molecule has 0 aliphatic heterocycles. The van der Waals surface area contributed by atoms with Crippen LogP contribution in [-0.4, -0.2) is 22.0 Å². The second-order valence-electron chi connectivity index (χ2n) is 8.93. The van der Waals surface area contributed by atoms with Crippen LogP contribution in [0.3, 0.4) is 0 Å². The minimum atomic E-state index is -2.87. The van der Waals surface area contributed by atoms with Crippen LogP contribution in [0.1, 0.15) is 70.9 Å². The van der Waals surface area contributed by atoms with Crippen LogP contribution < -0.4 is 0 Å². The van der Waals surface area contributed by atoms with Crippen molar-refractivity contribution in [1.29, 1.82) is 0 Å². The van der Waals surface area contributed by atoms with E-state index in [2.05, 4.69) is 70.0 Å². The molecule has 35 heavy (non-hydrogen) atoms. The monoisotopic (exact) mass is 648 g/mol. The lowest BCUT2D eigenvalue weighted by molar-refractivity contribution is -0.115. The van der Waals surface area contributed by atoms with Crippen LogP contribution in [0.25, 0.3) is 11.1 Å². The van der Waals surface area contributed by atoms with Crippen LogP contribution in [-0.2, 0) is 23.6 Å². The average molecular weight is 650 g/mol. The molecule has 0 fully saturated rings. The van der Waals surface area contributed by atoms with Gasteiger partial charge >= 0.3 is 16.5 Å². The Kier molecular flexibility index (Phi) is 9.49. The summed E-state index contributed by atoms with van der Waals surface area (Å²) in [6, 6.07) is 12.4. The van der Waals surface area contributed by atoms with Gasteiger partial charge in [0.2, 0.25) is 0 Å². The largest absolute Gasteiger partial charge is 0.695 e. The third kappa shape index (κ3) is 4.75. The molecule has 6 nitrogen and oxygen atoms in total. The Labute approximate surface area is 226 Å². The molecule has 0 radical (unpaired) electrons. The van der Waals surface area contributed by atoms with E-state index in [1.54, 1.807) is 0 Å². The van der Waals surface area contributed by atoms with Gasteiger partial charge in [-0.15, -0.1) is 18.8 Å². The van der Waals surface area contributed by atoms with E-state index < -0.39 is 32.9 Å². The molecule has 0 amide bonds. The molecule has 10 heteroatoms. The van der Waals surface area contributed by atoms with Gasteiger partial charge < -0.3 is 0 Å². The zero-order chi connectivity index (χ0) is 26.0. The van der Waals surface area contributed by atoms with Crippen LogP contribution in [0.4, 0.5) is 0 Å². The Hall–Kier alpha value is -0.560. The van der Waals surface area contributed by atoms with Gasteiger partial charge in [-0.1, -0.05) is 71.7 Å². The van der Waals surface area contributed by atoms with Crippen LogP contribution in [0.5, 0.6) is 0 Å². The molecule has 0 aromatic heterocycles. The Balaban J connectivity index is 2.51. The molecule has 1 aliphatic carbocycles. The zero-order valence-electron chi connectivity index (χ0n) is 20.4. The molecule has 3 rings (SSSR count). The van der Waals surface area contributed by atoms with Crippen molar-refractivity contribution >= 4 is 48.4 Å². The second-order valence-corrected chi connectivity index (χ2v) is 12.1. The maximum Gasteiger partial charge on any atom is 0.695 e. The lowest BCUT2D eigenvalue weighted by atomic mass is 9.47. The van der Waals surface area contributed by atoms with Gasteiger partial charge in [0, 0.05) is 28.9 Å². The first kappa shape index (κ1) is 29.0. The first-order valence-electron chi connectivity index (χ1n) is 11.8. The van der Waals surface area contributed by atoms with Crippen molar-refractivity contribution in [3.63, 3.8) is 0 Å². The van der Waals surface area contributed by atoms with Crippen molar-refractivity contribution in [3.05, 3.63) is 56.5 Å². The van der Waals surface area contributed by atoms with Gasteiger partial charge in [-0.05, 0) is 78.6 Å². The minimum absolute atomic E-state index is 0.0418. The van der Waals surface area contributed by atoms with Crippen molar-refractivity contribution in [2.75, 3.05) is 6.61 Å². The minimum Gasteiger partial charge on any atom is -0.133 e. The highest BCUT2D eigenvalue weighted by Gasteiger charge is 2.66. The highest BCUT2D eigenvalue weighted by Crippen LogP contribution is 2.68. The molecule has 190 valence electrons.